The average molecular weight is 325 g/mol. The highest BCUT2D eigenvalue weighted by atomic mass is 16.5. The maximum atomic E-state index is 12.3. The summed E-state index contributed by atoms with van der Waals surface area (Å²) < 4.78 is 6.01. The van der Waals surface area contributed by atoms with Crippen molar-refractivity contribution in [2.75, 3.05) is 26.2 Å². The Kier molecular flexibility index (Phi) is 6.90. The summed E-state index contributed by atoms with van der Waals surface area (Å²) in [5.41, 5.74) is 0.137. The van der Waals surface area contributed by atoms with Gasteiger partial charge in [-0.05, 0) is 56.0 Å². The molecule has 0 saturated carbocycles. The molecule has 2 aliphatic rings. The molecule has 2 rings (SSSR count). The number of carbonyl (C=O) groups is 1. The van der Waals surface area contributed by atoms with Crippen LogP contribution in [-0.4, -0.2) is 38.3 Å². The smallest absolute Gasteiger partial charge is 0.220 e. The van der Waals surface area contributed by atoms with Crippen LogP contribution in [-0.2, 0) is 9.53 Å². The van der Waals surface area contributed by atoms with Crippen molar-refractivity contribution in [2.24, 2.45) is 23.2 Å². The molecule has 0 aromatic rings. The predicted molar refractivity (Wildman–Crippen MR) is 94.3 cm³/mol. The van der Waals surface area contributed by atoms with Gasteiger partial charge in [0.15, 0.2) is 0 Å². The van der Waals surface area contributed by atoms with E-state index in [0.717, 1.165) is 39.1 Å². The zero-order chi connectivity index (χ0) is 16.9. The fraction of sp³-hybridized carbons (Fsp3) is 0.947. The highest BCUT2D eigenvalue weighted by Crippen LogP contribution is 2.33. The van der Waals surface area contributed by atoms with Crippen LogP contribution in [0.2, 0.25) is 0 Å². The van der Waals surface area contributed by atoms with Crippen LogP contribution in [0.4, 0.5) is 0 Å². The molecule has 0 aromatic carbocycles. The van der Waals surface area contributed by atoms with Crippen molar-refractivity contribution in [1.82, 2.24) is 10.6 Å². The molecule has 0 spiro atoms. The monoisotopic (exact) mass is 324 g/mol. The lowest BCUT2D eigenvalue weighted by atomic mass is 9.78. The van der Waals surface area contributed by atoms with Crippen molar-refractivity contribution in [3.05, 3.63) is 0 Å². The Morgan fingerprint density at radius 3 is 2.61 bits per heavy atom. The van der Waals surface area contributed by atoms with E-state index in [2.05, 4.69) is 38.3 Å². The number of amides is 1. The number of piperidine rings is 1. The second-order valence-corrected chi connectivity index (χ2v) is 8.63. The van der Waals surface area contributed by atoms with Gasteiger partial charge in [-0.1, -0.05) is 27.7 Å². The minimum absolute atomic E-state index is 0.137. The average Bonchev–Trinajstić information content (AvgIpc) is 2.53. The van der Waals surface area contributed by atoms with Crippen LogP contribution in [0, 0.1) is 23.2 Å². The Labute approximate surface area is 142 Å². The second kappa shape index (κ2) is 8.48. The molecule has 4 nitrogen and oxygen atoms in total. The van der Waals surface area contributed by atoms with Gasteiger partial charge >= 0.3 is 0 Å². The van der Waals surface area contributed by atoms with Crippen molar-refractivity contribution in [3.8, 4) is 0 Å². The molecule has 2 N–H and O–H groups in total. The molecule has 0 radical (unpaired) electrons. The van der Waals surface area contributed by atoms with E-state index < -0.39 is 0 Å². The molecule has 3 unspecified atom stereocenters. The third-order valence-electron chi connectivity index (χ3n) is 5.56. The molecule has 0 aliphatic carbocycles. The maximum absolute atomic E-state index is 12.3. The van der Waals surface area contributed by atoms with Gasteiger partial charge in [0.2, 0.25) is 5.91 Å². The van der Waals surface area contributed by atoms with Gasteiger partial charge in [0.1, 0.15) is 0 Å². The van der Waals surface area contributed by atoms with Gasteiger partial charge in [-0.3, -0.25) is 4.79 Å². The summed E-state index contributed by atoms with van der Waals surface area (Å²) in [6.07, 6.45) is 5.59. The van der Waals surface area contributed by atoms with E-state index in [-0.39, 0.29) is 17.4 Å². The zero-order valence-electron chi connectivity index (χ0n) is 15.5. The third kappa shape index (κ3) is 5.75. The summed E-state index contributed by atoms with van der Waals surface area (Å²) in [6.45, 7) is 12.8. The fourth-order valence-corrected chi connectivity index (χ4v) is 4.20. The first kappa shape index (κ1) is 18.7. The van der Waals surface area contributed by atoms with Gasteiger partial charge in [0, 0.05) is 25.5 Å². The normalized spacial score (nSPS) is 28.3. The first-order chi connectivity index (χ1) is 10.9. The molecular formula is C19H36N2O2. The summed E-state index contributed by atoms with van der Waals surface area (Å²) in [7, 11) is 0. The zero-order valence-corrected chi connectivity index (χ0v) is 15.5. The van der Waals surface area contributed by atoms with Crippen molar-refractivity contribution in [2.45, 2.75) is 65.9 Å². The largest absolute Gasteiger partial charge is 0.377 e. The lowest BCUT2D eigenvalue weighted by molar-refractivity contribution is -0.124. The van der Waals surface area contributed by atoms with E-state index in [1.165, 1.54) is 12.8 Å². The summed E-state index contributed by atoms with van der Waals surface area (Å²) in [5, 5.41) is 6.59. The van der Waals surface area contributed by atoms with Crippen LogP contribution in [0.5, 0.6) is 0 Å². The number of hydrogen-bond donors (Lipinski definition) is 2. The van der Waals surface area contributed by atoms with Crippen LogP contribution in [0.3, 0.4) is 0 Å². The Morgan fingerprint density at radius 1 is 1.26 bits per heavy atom. The lowest BCUT2D eigenvalue weighted by Crippen LogP contribution is -2.45. The van der Waals surface area contributed by atoms with E-state index >= 15 is 0 Å². The highest BCUT2D eigenvalue weighted by Gasteiger charge is 2.35. The van der Waals surface area contributed by atoms with Crippen LogP contribution < -0.4 is 10.6 Å². The van der Waals surface area contributed by atoms with Gasteiger partial charge in [0.25, 0.3) is 0 Å². The summed E-state index contributed by atoms with van der Waals surface area (Å²) >= 11 is 0. The first-order valence-corrected chi connectivity index (χ1v) is 9.47. The fourth-order valence-electron chi connectivity index (χ4n) is 4.20. The van der Waals surface area contributed by atoms with Gasteiger partial charge in [-0.15, -0.1) is 0 Å². The first-order valence-electron chi connectivity index (χ1n) is 9.47. The van der Waals surface area contributed by atoms with Gasteiger partial charge in [0.05, 0.1) is 6.10 Å². The molecule has 4 heteroatoms. The number of carbonyl (C=O) groups excluding carboxylic acids is 1. The predicted octanol–water partition coefficient (Wildman–Crippen LogP) is 2.97. The third-order valence-corrected chi connectivity index (χ3v) is 5.56. The van der Waals surface area contributed by atoms with Crippen LogP contribution in [0.1, 0.15) is 59.8 Å². The molecule has 0 bridgehead atoms. The second-order valence-electron chi connectivity index (χ2n) is 8.63. The van der Waals surface area contributed by atoms with Crippen LogP contribution in [0.25, 0.3) is 0 Å². The highest BCUT2D eigenvalue weighted by molar-refractivity contribution is 5.76. The summed E-state index contributed by atoms with van der Waals surface area (Å²) in [6, 6.07) is 0. The molecule has 2 heterocycles. The minimum Gasteiger partial charge on any atom is -0.377 e. The van der Waals surface area contributed by atoms with E-state index in [1.807, 2.05) is 0 Å². The molecule has 3 atom stereocenters. The Morgan fingerprint density at radius 2 is 1.96 bits per heavy atom. The summed E-state index contributed by atoms with van der Waals surface area (Å²) in [5.74, 6) is 1.84. The Bertz CT molecular complexity index is 372. The number of hydrogen-bond acceptors (Lipinski definition) is 3. The lowest BCUT2D eigenvalue weighted by Gasteiger charge is -2.40. The van der Waals surface area contributed by atoms with Gasteiger partial charge in [-0.25, -0.2) is 0 Å². The van der Waals surface area contributed by atoms with E-state index in [4.69, 9.17) is 4.74 Å². The number of ether oxygens (including phenoxy) is 1. The molecule has 2 saturated heterocycles. The van der Waals surface area contributed by atoms with E-state index in [9.17, 15) is 4.79 Å². The van der Waals surface area contributed by atoms with Crippen LogP contribution in [0.15, 0.2) is 0 Å². The summed E-state index contributed by atoms with van der Waals surface area (Å²) in [4.78, 5) is 12.3. The van der Waals surface area contributed by atoms with Crippen LogP contribution >= 0.6 is 0 Å². The number of rotatable bonds is 5. The quantitative estimate of drug-likeness (QED) is 0.817. The standard InChI is InChI=1S/C19H36N2O2/c1-14(15-7-9-20-10-8-15)12-17(22)21-13-16-6-5-11-23-18(16)19(2,3)4/h14-16,18,20H,5-13H2,1-4H3,(H,21,22). The molecule has 23 heavy (non-hydrogen) atoms. The Hall–Kier alpha value is -0.610. The van der Waals surface area contributed by atoms with Crippen molar-refractivity contribution < 1.29 is 9.53 Å². The van der Waals surface area contributed by atoms with Crippen molar-refractivity contribution in [1.29, 1.82) is 0 Å². The molecule has 2 aliphatic heterocycles. The van der Waals surface area contributed by atoms with E-state index in [0.29, 0.717) is 24.2 Å². The molecular weight excluding hydrogens is 288 g/mol. The van der Waals surface area contributed by atoms with E-state index in [1.54, 1.807) is 0 Å². The van der Waals surface area contributed by atoms with Crippen molar-refractivity contribution in [3.63, 3.8) is 0 Å². The molecule has 0 aromatic heterocycles. The topological polar surface area (TPSA) is 50.4 Å². The SMILES string of the molecule is CC(CC(=O)NCC1CCCOC1C(C)(C)C)C1CCNCC1. The molecule has 2 fully saturated rings. The maximum Gasteiger partial charge on any atom is 0.220 e. The van der Waals surface area contributed by atoms with Gasteiger partial charge < -0.3 is 15.4 Å². The minimum atomic E-state index is 0.137. The van der Waals surface area contributed by atoms with Crippen molar-refractivity contribution >= 4 is 5.91 Å². The Balaban J connectivity index is 1.76. The molecule has 1 amide bonds. The molecule has 134 valence electrons. The number of nitrogens with one attached hydrogen (secondary N) is 2. The van der Waals surface area contributed by atoms with Gasteiger partial charge in [-0.2, -0.15) is 0 Å².